The molecule has 1 aromatic carbocycles. The van der Waals surface area contributed by atoms with Gasteiger partial charge in [-0.3, -0.25) is 4.79 Å². The summed E-state index contributed by atoms with van der Waals surface area (Å²) in [6.07, 6.45) is 8.02. The minimum absolute atomic E-state index is 0.0197. The highest BCUT2D eigenvalue weighted by atomic mass is 19.2. The van der Waals surface area contributed by atoms with Crippen LogP contribution >= 0.6 is 0 Å². The Hall–Kier alpha value is -1.53. The number of piperidine rings is 1. The fourth-order valence-electron chi connectivity index (χ4n) is 4.05. The van der Waals surface area contributed by atoms with Crippen molar-refractivity contribution in [1.82, 2.24) is 10.2 Å². The lowest BCUT2D eigenvalue weighted by Crippen LogP contribution is -2.58. The van der Waals surface area contributed by atoms with Crippen LogP contribution in [0.4, 0.5) is 8.78 Å². The summed E-state index contributed by atoms with van der Waals surface area (Å²) in [4.78, 5) is 14.2. The topological polar surface area (TPSA) is 52.6 Å². The fraction of sp³-hybridized carbons (Fsp3) is 0.650. The van der Waals surface area contributed by atoms with E-state index >= 15 is 0 Å². The number of aliphatic hydroxyl groups is 1. The number of benzene rings is 1. The molecule has 0 aromatic heterocycles. The number of nitrogens with zero attached hydrogens (tertiary/aromatic N) is 1. The van der Waals surface area contributed by atoms with Crippen LogP contribution in [0.15, 0.2) is 18.2 Å². The smallest absolute Gasteiger partial charge is 0.256 e. The van der Waals surface area contributed by atoms with E-state index in [0.29, 0.717) is 25.4 Å². The van der Waals surface area contributed by atoms with Gasteiger partial charge in [0.05, 0.1) is 0 Å². The highest BCUT2D eigenvalue weighted by Crippen LogP contribution is 2.26. The van der Waals surface area contributed by atoms with Crippen molar-refractivity contribution in [3.63, 3.8) is 0 Å². The molecule has 1 heterocycles. The first-order chi connectivity index (χ1) is 12.5. The lowest BCUT2D eigenvalue weighted by Gasteiger charge is -2.39. The number of nitrogens with one attached hydrogen (secondary N) is 1. The van der Waals surface area contributed by atoms with Crippen LogP contribution in [-0.4, -0.2) is 40.6 Å². The standard InChI is InChI=1S/C20H28F2N2O2/c21-17-10-5-7-15(18(17)22)13-24-12-6-11-20(26,19(24)25)14-23-16-8-3-1-2-4-9-16/h5,7,10,16,23,26H,1-4,6,8-9,11-14H2/t20-/m0/s1. The second-order valence-electron chi connectivity index (χ2n) is 7.64. The SMILES string of the molecule is O=C1N(Cc2cccc(F)c2F)CCC[C@]1(O)CNC1CCCCCC1. The van der Waals surface area contributed by atoms with Gasteiger partial charge in [-0.15, -0.1) is 0 Å². The van der Waals surface area contributed by atoms with E-state index in [1.54, 1.807) is 0 Å². The number of halogens is 2. The first-order valence-corrected chi connectivity index (χ1v) is 9.68. The van der Waals surface area contributed by atoms with Crippen molar-refractivity contribution in [2.75, 3.05) is 13.1 Å². The summed E-state index contributed by atoms with van der Waals surface area (Å²) >= 11 is 0. The van der Waals surface area contributed by atoms with Crippen LogP contribution in [0.25, 0.3) is 0 Å². The van der Waals surface area contributed by atoms with E-state index < -0.39 is 23.1 Å². The van der Waals surface area contributed by atoms with Crippen molar-refractivity contribution >= 4 is 5.91 Å². The monoisotopic (exact) mass is 366 g/mol. The molecule has 2 aliphatic rings. The summed E-state index contributed by atoms with van der Waals surface area (Å²) in [6, 6.07) is 4.31. The zero-order valence-electron chi connectivity index (χ0n) is 15.1. The van der Waals surface area contributed by atoms with E-state index in [0.717, 1.165) is 18.9 Å². The maximum absolute atomic E-state index is 13.9. The number of amides is 1. The first-order valence-electron chi connectivity index (χ1n) is 9.68. The number of hydrogen-bond donors (Lipinski definition) is 2. The maximum Gasteiger partial charge on any atom is 0.256 e. The molecule has 1 amide bonds. The van der Waals surface area contributed by atoms with E-state index in [4.69, 9.17) is 0 Å². The molecule has 2 N–H and O–H groups in total. The predicted octanol–water partition coefficient (Wildman–Crippen LogP) is 3.13. The van der Waals surface area contributed by atoms with E-state index in [-0.39, 0.29) is 18.7 Å². The van der Waals surface area contributed by atoms with Crippen LogP contribution in [0.5, 0.6) is 0 Å². The van der Waals surface area contributed by atoms with Gasteiger partial charge in [0.2, 0.25) is 0 Å². The Balaban J connectivity index is 1.63. The van der Waals surface area contributed by atoms with Gasteiger partial charge in [0.1, 0.15) is 0 Å². The first kappa shape index (κ1) is 19.2. The maximum atomic E-state index is 13.9. The zero-order valence-corrected chi connectivity index (χ0v) is 15.1. The third-order valence-corrected chi connectivity index (χ3v) is 5.63. The Bertz CT molecular complexity index is 632. The fourth-order valence-corrected chi connectivity index (χ4v) is 4.05. The molecule has 1 saturated carbocycles. The van der Waals surface area contributed by atoms with Gasteiger partial charge in [-0.2, -0.15) is 0 Å². The molecule has 0 spiro atoms. The molecular weight excluding hydrogens is 338 g/mol. The van der Waals surface area contributed by atoms with E-state index in [2.05, 4.69) is 5.32 Å². The van der Waals surface area contributed by atoms with Gasteiger partial charge in [0.15, 0.2) is 17.2 Å². The number of carbonyl (C=O) groups is 1. The van der Waals surface area contributed by atoms with E-state index in [9.17, 15) is 18.7 Å². The van der Waals surface area contributed by atoms with E-state index in [1.807, 2.05) is 0 Å². The van der Waals surface area contributed by atoms with E-state index in [1.165, 1.54) is 42.7 Å². The summed E-state index contributed by atoms with van der Waals surface area (Å²) in [5.41, 5.74) is -1.33. The quantitative estimate of drug-likeness (QED) is 0.788. The van der Waals surface area contributed by atoms with Crippen molar-refractivity contribution in [2.45, 2.75) is 69.6 Å². The van der Waals surface area contributed by atoms with Crippen molar-refractivity contribution in [2.24, 2.45) is 0 Å². The van der Waals surface area contributed by atoms with Gasteiger partial charge in [-0.05, 0) is 31.7 Å². The Labute approximate surface area is 153 Å². The second-order valence-corrected chi connectivity index (χ2v) is 7.64. The summed E-state index contributed by atoms with van der Waals surface area (Å²) < 4.78 is 27.3. The molecule has 0 radical (unpaired) electrons. The molecule has 4 nitrogen and oxygen atoms in total. The minimum atomic E-state index is -1.46. The van der Waals surface area contributed by atoms with Crippen molar-refractivity contribution in [3.05, 3.63) is 35.4 Å². The van der Waals surface area contributed by atoms with Gasteiger partial charge in [-0.25, -0.2) is 8.78 Å². The van der Waals surface area contributed by atoms with Gasteiger partial charge >= 0.3 is 0 Å². The lowest BCUT2D eigenvalue weighted by molar-refractivity contribution is -0.157. The normalized spacial score (nSPS) is 25.3. The summed E-state index contributed by atoms with van der Waals surface area (Å²) in [6.45, 7) is 0.646. The highest BCUT2D eigenvalue weighted by Gasteiger charge is 2.42. The Morgan fingerprint density at radius 3 is 2.62 bits per heavy atom. The molecule has 1 aromatic rings. The molecule has 1 aliphatic heterocycles. The van der Waals surface area contributed by atoms with Crippen LogP contribution in [-0.2, 0) is 11.3 Å². The average Bonchev–Trinajstić information content (AvgIpc) is 2.90. The summed E-state index contributed by atoms with van der Waals surface area (Å²) in [5.74, 6) is -2.24. The molecule has 144 valence electrons. The largest absolute Gasteiger partial charge is 0.379 e. The average molecular weight is 366 g/mol. The van der Waals surface area contributed by atoms with Crippen LogP contribution in [0, 0.1) is 11.6 Å². The molecule has 0 bridgehead atoms. The van der Waals surface area contributed by atoms with Crippen LogP contribution in [0.2, 0.25) is 0 Å². The molecule has 26 heavy (non-hydrogen) atoms. The van der Waals surface area contributed by atoms with Gasteiger partial charge in [-0.1, -0.05) is 37.8 Å². The van der Waals surface area contributed by atoms with Gasteiger partial charge in [0, 0.05) is 31.2 Å². The molecule has 1 saturated heterocycles. The van der Waals surface area contributed by atoms with Crippen molar-refractivity contribution in [1.29, 1.82) is 0 Å². The van der Waals surface area contributed by atoms with Gasteiger partial charge in [0.25, 0.3) is 5.91 Å². The molecule has 1 aliphatic carbocycles. The molecule has 0 unspecified atom stereocenters. The highest BCUT2D eigenvalue weighted by molar-refractivity contribution is 5.86. The third-order valence-electron chi connectivity index (χ3n) is 5.63. The molecule has 2 fully saturated rings. The van der Waals surface area contributed by atoms with Gasteiger partial charge < -0.3 is 15.3 Å². The molecule has 3 rings (SSSR count). The van der Waals surface area contributed by atoms with Crippen molar-refractivity contribution < 1.29 is 18.7 Å². The Morgan fingerprint density at radius 1 is 1.15 bits per heavy atom. The number of hydrogen-bond acceptors (Lipinski definition) is 3. The number of likely N-dealkylation sites (tertiary alicyclic amines) is 1. The summed E-state index contributed by atoms with van der Waals surface area (Å²) in [5, 5.41) is 14.3. The Morgan fingerprint density at radius 2 is 1.88 bits per heavy atom. The minimum Gasteiger partial charge on any atom is -0.379 e. The van der Waals surface area contributed by atoms with Crippen LogP contribution in [0.1, 0.15) is 56.9 Å². The number of rotatable bonds is 5. The number of carbonyl (C=O) groups excluding carboxylic acids is 1. The molecule has 6 heteroatoms. The Kier molecular flexibility index (Phi) is 6.24. The second kappa shape index (κ2) is 8.44. The summed E-state index contributed by atoms with van der Waals surface area (Å²) in [7, 11) is 0. The predicted molar refractivity (Wildman–Crippen MR) is 95.5 cm³/mol. The van der Waals surface area contributed by atoms with Crippen molar-refractivity contribution in [3.8, 4) is 0 Å². The zero-order chi connectivity index (χ0) is 18.6. The van der Waals surface area contributed by atoms with Crippen LogP contribution < -0.4 is 5.32 Å². The molecule has 1 atom stereocenters. The molecular formula is C20H28F2N2O2. The third kappa shape index (κ3) is 4.41. The lowest BCUT2D eigenvalue weighted by atomic mass is 9.90. The van der Waals surface area contributed by atoms with Crippen LogP contribution in [0.3, 0.4) is 0 Å².